The van der Waals surface area contributed by atoms with Gasteiger partial charge in [0, 0.05) is 5.92 Å². The van der Waals surface area contributed by atoms with E-state index in [1.807, 2.05) is 0 Å². The molecule has 0 aliphatic rings. The number of nitrogens with two attached hydrogens (primary N) is 1. The monoisotopic (exact) mass is 304 g/mol. The first-order chi connectivity index (χ1) is 9.23. The second-order valence-electron chi connectivity index (χ2n) is 4.34. The molecule has 20 heavy (non-hydrogen) atoms. The van der Waals surface area contributed by atoms with Crippen molar-refractivity contribution in [1.29, 1.82) is 0 Å². The van der Waals surface area contributed by atoms with E-state index in [9.17, 15) is 18.5 Å². The van der Waals surface area contributed by atoms with Gasteiger partial charge in [-0.05, 0) is 12.1 Å². The molecule has 1 aromatic rings. The van der Waals surface area contributed by atoms with Crippen molar-refractivity contribution < 1.29 is 22.8 Å². The number of ether oxygens (including phenoxy) is 2. The number of rotatable bonds is 7. The zero-order valence-corrected chi connectivity index (χ0v) is 11.9. The molecule has 8 nitrogen and oxygen atoms in total. The summed E-state index contributed by atoms with van der Waals surface area (Å²) in [4.78, 5) is 10.3. The van der Waals surface area contributed by atoms with Crippen molar-refractivity contribution in [2.45, 2.75) is 6.92 Å². The number of benzene rings is 1. The van der Waals surface area contributed by atoms with Crippen LogP contribution in [0.4, 0.5) is 5.69 Å². The lowest BCUT2D eigenvalue weighted by Gasteiger charge is -2.12. The van der Waals surface area contributed by atoms with E-state index in [0.29, 0.717) is 5.75 Å². The molecule has 1 unspecified atom stereocenters. The van der Waals surface area contributed by atoms with Gasteiger partial charge in [-0.3, -0.25) is 10.1 Å². The van der Waals surface area contributed by atoms with Gasteiger partial charge in [-0.15, -0.1) is 0 Å². The second-order valence-corrected chi connectivity index (χ2v) is 6.00. The third-order valence-electron chi connectivity index (χ3n) is 2.40. The molecule has 0 bridgehead atoms. The van der Waals surface area contributed by atoms with Crippen LogP contribution in [0.3, 0.4) is 0 Å². The summed E-state index contributed by atoms with van der Waals surface area (Å²) < 4.78 is 32.0. The maximum absolute atomic E-state index is 10.9. The molecule has 1 aromatic carbocycles. The Morgan fingerprint density at radius 3 is 2.60 bits per heavy atom. The van der Waals surface area contributed by atoms with Gasteiger partial charge in [-0.2, -0.15) is 0 Å². The van der Waals surface area contributed by atoms with Gasteiger partial charge in [-0.1, -0.05) is 6.92 Å². The minimum absolute atomic E-state index is 0.00357. The fourth-order valence-corrected chi connectivity index (χ4v) is 2.45. The highest BCUT2D eigenvalue weighted by molar-refractivity contribution is 7.89. The molecule has 0 radical (unpaired) electrons. The maximum atomic E-state index is 10.9. The van der Waals surface area contributed by atoms with Crippen LogP contribution in [-0.4, -0.2) is 32.8 Å². The van der Waals surface area contributed by atoms with E-state index in [1.54, 1.807) is 6.92 Å². The number of nitro benzene ring substituents is 1. The molecule has 2 N–H and O–H groups in total. The number of nitro groups is 1. The van der Waals surface area contributed by atoms with Crippen LogP contribution in [0.5, 0.6) is 11.5 Å². The molecule has 0 fully saturated rings. The third-order valence-corrected chi connectivity index (χ3v) is 3.44. The zero-order valence-electron chi connectivity index (χ0n) is 11.1. The van der Waals surface area contributed by atoms with Gasteiger partial charge in [0.25, 0.3) is 0 Å². The van der Waals surface area contributed by atoms with Gasteiger partial charge in [0.15, 0.2) is 5.75 Å². The molecular weight excluding hydrogens is 288 g/mol. The van der Waals surface area contributed by atoms with Gasteiger partial charge in [-0.25, -0.2) is 13.6 Å². The van der Waals surface area contributed by atoms with Gasteiger partial charge >= 0.3 is 5.69 Å². The van der Waals surface area contributed by atoms with Crippen LogP contribution in [0.2, 0.25) is 0 Å². The molecular formula is C11H16N2O6S. The molecule has 0 amide bonds. The predicted octanol–water partition coefficient (Wildman–Crippen LogP) is 0.907. The molecule has 0 heterocycles. The van der Waals surface area contributed by atoms with E-state index < -0.39 is 14.9 Å². The van der Waals surface area contributed by atoms with Crippen LogP contribution < -0.4 is 14.6 Å². The Labute approximate surface area is 116 Å². The Morgan fingerprint density at radius 2 is 2.10 bits per heavy atom. The molecule has 0 saturated heterocycles. The molecule has 1 atom stereocenters. The largest absolute Gasteiger partial charge is 0.496 e. The quantitative estimate of drug-likeness (QED) is 0.590. The summed E-state index contributed by atoms with van der Waals surface area (Å²) in [7, 11) is -2.20. The minimum atomic E-state index is -3.60. The smallest absolute Gasteiger partial charge is 0.314 e. The fraction of sp³-hybridized carbons (Fsp3) is 0.455. The van der Waals surface area contributed by atoms with Gasteiger partial charge in [0.05, 0.1) is 30.5 Å². The molecule has 0 saturated carbocycles. The third kappa shape index (κ3) is 5.02. The molecule has 9 heteroatoms. The first-order valence-electron chi connectivity index (χ1n) is 5.68. The van der Waals surface area contributed by atoms with E-state index in [0.717, 1.165) is 0 Å². The number of hydrogen-bond donors (Lipinski definition) is 1. The Hall–Kier alpha value is -1.87. The fourth-order valence-electron chi connectivity index (χ4n) is 1.57. The van der Waals surface area contributed by atoms with Crippen LogP contribution in [0, 0.1) is 16.0 Å². The highest BCUT2D eigenvalue weighted by Gasteiger charge is 2.18. The Morgan fingerprint density at radius 1 is 1.45 bits per heavy atom. The van der Waals surface area contributed by atoms with Crippen LogP contribution in [0.15, 0.2) is 18.2 Å². The normalized spacial score (nSPS) is 12.8. The van der Waals surface area contributed by atoms with E-state index in [4.69, 9.17) is 14.6 Å². The summed E-state index contributed by atoms with van der Waals surface area (Å²) in [6.07, 6.45) is 0. The van der Waals surface area contributed by atoms with Crippen LogP contribution in [0.25, 0.3) is 0 Å². The van der Waals surface area contributed by atoms with Crippen molar-refractivity contribution in [3.8, 4) is 11.5 Å². The molecule has 0 aliphatic carbocycles. The number of primary sulfonamides is 1. The van der Waals surface area contributed by atoms with Crippen molar-refractivity contribution in [2.24, 2.45) is 11.1 Å². The lowest BCUT2D eigenvalue weighted by molar-refractivity contribution is -0.386. The second kappa shape index (κ2) is 6.53. The lowest BCUT2D eigenvalue weighted by Crippen LogP contribution is -2.25. The van der Waals surface area contributed by atoms with E-state index >= 15 is 0 Å². The number of hydrogen-bond acceptors (Lipinski definition) is 6. The van der Waals surface area contributed by atoms with Crippen LogP contribution >= 0.6 is 0 Å². The van der Waals surface area contributed by atoms with Crippen LogP contribution in [-0.2, 0) is 10.0 Å². The summed E-state index contributed by atoms with van der Waals surface area (Å²) >= 11 is 0. The van der Waals surface area contributed by atoms with Crippen molar-refractivity contribution in [1.82, 2.24) is 0 Å². The number of methoxy groups -OCH3 is 1. The van der Waals surface area contributed by atoms with Crippen LogP contribution in [0.1, 0.15) is 6.92 Å². The summed E-state index contributed by atoms with van der Waals surface area (Å²) in [5, 5.41) is 15.8. The first kappa shape index (κ1) is 16.2. The average molecular weight is 304 g/mol. The molecule has 0 aliphatic heterocycles. The van der Waals surface area contributed by atoms with Crippen molar-refractivity contribution in [2.75, 3.05) is 19.5 Å². The summed E-state index contributed by atoms with van der Waals surface area (Å²) in [6.45, 7) is 1.63. The molecule has 0 aromatic heterocycles. The lowest BCUT2D eigenvalue weighted by atomic mass is 10.2. The molecule has 0 spiro atoms. The summed E-state index contributed by atoms with van der Waals surface area (Å²) in [5.74, 6) is -0.248. The first-order valence-corrected chi connectivity index (χ1v) is 7.40. The minimum Gasteiger partial charge on any atom is -0.496 e. The zero-order chi connectivity index (χ0) is 15.3. The predicted molar refractivity (Wildman–Crippen MR) is 72.3 cm³/mol. The van der Waals surface area contributed by atoms with Gasteiger partial charge in [0.2, 0.25) is 10.0 Å². The SMILES string of the molecule is COc1ccc(OCC(C)CS(N)(=O)=O)c([N+](=O)[O-])c1. The highest BCUT2D eigenvalue weighted by atomic mass is 32.2. The topological polar surface area (TPSA) is 122 Å². The summed E-state index contributed by atoms with van der Waals surface area (Å²) in [5.41, 5.74) is -0.243. The van der Waals surface area contributed by atoms with Crippen molar-refractivity contribution in [3.05, 3.63) is 28.3 Å². The van der Waals surface area contributed by atoms with Crippen molar-refractivity contribution in [3.63, 3.8) is 0 Å². The van der Waals surface area contributed by atoms with E-state index in [-0.39, 0.29) is 29.7 Å². The maximum Gasteiger partial charge on any atom is 0.314 e. The van der Waals surface area contributed by atoms with Crippen molar-refractivity contribution >= 4 is 15.7 Å². The standard InChI is InChI=1S/C11H16N2O6S/c1-8(7-20(12,16)17)6-19-11-4-3-9(18-2)5-10(11)13(14)15/h3-5,8H,6-7H2,1-2H3,(H2,12,16,17). The number of nitrogens with zero attached hydrogens (tertiary/aromatic N) is 1. The Balaban J connectivity index is 2.80. The van der Waals surface area contributed by atoms with Gasteiger partial charge in [0.1, 0.15) is 5.75 Å². The highest BCUT2D eigenvalue weighted by Crippen LogP contribution is 2.31. The Kier molecular flexibility index (Phi) is 5.28. The Bertz CT molecular complexity index is 587. The molecule has 1 rings (SSSR count). The average Bonchev–Trinajstić information content (AvgIpc) is 2.34. The van der Waals surface area contributed by atoms with E-state index in [1.165, 1.54) is 25.3 Å². The molecule has 112 valence electrons. The summed E-state index contributed by atoms with van der Waals surface area (Å²) in [6, 6.07) is 4.16. The van der Waals surface area contributed by atoms with Gasteiger partial charge < -0.3 is 9.47 Å². The number of sulfonamides is 1. The van der Waals surface area contributed by atoms with E-state index in [2.05, 4.69) is 0 Å².